The van der Waals surface area contributed by atoms with Crippen molar-refractivity contribution in [2.75, 3.05) is 0 Å². The summed E-state index contributed by atoms with van der Waals surface area (Å²) in [7, 11) is -4.65. The molecule has 1 heterocycles. The van der Waals surface area contributed by atoms with Gasteiger partial charge in [0.25, 0.3) is 0 Å². The second-order valence-corrected chi connectivity index (χ2v) is 6.05. The van der Waals surface area contributed by atoms with Crippen LogP contribution in [0.5, 0.6) is 5.75 Å². The molecule has 0 saturated heterocycles. The number of phosphoric acid groups is 1. The summed E-state index contributed by atoms with van der Waals surface area (Å²) in [5, 5.41) is 21.5. The molecule has 0 saturated carbocycles. The maximum Gasteiger partial charge on any atom is 0.469 e. The van der Waals surface area contributed by atoms with E-state index in [2.05, 4.69) is 21.4 Å². The smallest absolute Gasteiger partial charge is 0.469 e. The minimum absolute atomic E-state index is 0.0820. The van der Waals surface area contributed by atoms with Crippen molar-refractivity contribution in [1.29, 1.82) is 0 Å². The van der Waals surface area contributed by atoms with Crippen LogP contribution in [0.4, 0.5) is 0 Å². The number of nitrogens with one attached hydrogen (secondary N) is 1. The predicted octanol–water partition coefficient (Wildman–Crippen LogP) is 1.17. The van der Waals surface area contributed by atoms with Crippen LogP contribution < -0.4 is 5.32 Å². The Labute approximate surface area is 132 Å². The highest BCUT2D eigenvalue weighted by Gasteiger charge is 2.18. The van der Waals surface area contributed by atoms with Crippen molar-refractivity contribution in [1.82, 2.24) is 10.3 Å². The summed E-state index contributed by atoms with van der Waals surface area (Å²) in [5.74, 6) is -1.08. The molecule has 1 aromatic heterocycles. The maximum absolute atomic E-state index is 10.8. The van der Waals surface area contributed by atoms with Gasteiger partial charge in [0.05, 0.1) is 18.7 Å². The first kappa shape index (κ1) is 19.1. The monoisotopic (exact) mass is 346 g/mol. The van der Waals surface area contributed by atoms with E-state index in [4.69, 9.17) is 14.9 Å². The maximum atomic E-state index is 10.8. The number of carboxylic acid groups (broad SMARTS) is 1. The topological polar surface area (TPSA) is 149 Å². The molecular formula is C13H19N2O7P. The van der Waals surface area contributed by atoms with Gasteiger partial charge in [-0.3, -0.25) is 14.3 Å². The predicted molar refractivity (Wildman–Crippen MR) is 80.3 cm³/mol. The first-order valence-corrected chi connectivity index (χ1v) is 8.13. The molecular weight excluding hydrogens is 327 g/mol. The van der Waals surface area contributed by atoms with Crippen LogP contribution in [0.1, 0.15) is 29.7 Å². The van der Waals surface area contributed by atoms with Gasteiger partial charge < -0.3 is 25.3 Å². The number of carboxylic acids is 1. The van der Waals surface area contributed by atoms with Crippen molar-refractivity contribution in [2.24, 2.45) is 0 Å². The number of hydrogen-bond acceptors (Lipinski definition) is 6. The number of aliphatic carboxylic acids is 1. The second kappa shape index (κ2) is 8.07. The molecule has 23 heavy (non-hydrogen) atoms. The molecule has 0 amide bonds. The van der Waals surface area contributed by atoms with Gasteiger partial charge in [-0.1, -0.05) is 6.58 Å². The van der Waals surface area contributed by atoms with Crippen molar-refractivity contribution in [3.63, 3.8) is 0 Å². The van der Waals surface area contributed by atoms with Gasteiger partial charge in [0.15, 0.2) is 0 Å². The molecule has 5 N–H and O–H groups in total. The van der Waals surface area contributed by atoms with Crippen LogP contribution in [0.25, 0.3) is 0 Å². The summed E-state index contributed by atoms with van der Waals surface area (Å²) in [4.78, 5) is 31.9. The molecule has 0 aliphatic rings. The zero-order valence-corrected chi connectivity index (χ0v) is 13.4. The third-order valence-corrected chi connectivity index (χ3v) is 3.44. The van der Waals surface area contributed by atoms with Crippen LogP contribution in [0.3, 0.4) is 0 Å². The fourth-order valence-electron chi connectivity index (χ4n) is 1.72. The lowest BCUT2D eigenvalue weighted by molar-refractivity contribution is -0.136. The van der Waals surface area contributed by atoms with Crippen LogP contribution in [-0.4, -0.2) is 31.0 Å². The molecule has 0 aliphatic heterocycles. The summed E-state index contributed by atoms with van der Waals surface area (Å²) in [6.07, 6.45) is 1.48. The quantitative estimate of drug-likeness (QED) is 0.415. The molecule has 9 nitrogen and oxygen atoms in total. The van der Waals surface area contributed by atoms with E-state index >= 15 is 0 Å². The van der Waals surface area contributed by atoms with Gasteiger partial charge in [0.1, 0.15) is 5.75 Å². The second-order valence-electron chi connectivity index (χ2n) is 4.81. The Bertz CT molecular complexity index is 641. The van der Waals surface area contributed by atoms with Gasteiger partial charge in [-0.25, -0.2) is 4.57 Å². The number of aromatic hydroxyl groups is 1. The Kier molecular flexibility index (Phi) is 6.71. The molecule has 1 aromatic rings. The SMILES string of the molecule is C=C(CCC(=O)O)NCc1c(COP(=O)(O)O)cnc(C)c1O. The lowest BCUT2D eigenvalue weighted by Gasteiger charge is -2.15. The van der Waals surface area contributed by atoms with E-state index in [1.807, 2.05) is 0 Å². The first-order valence-electron chi connectivity index (χ1n) is 6.60. The average Bonchev–Trinajstić information content (AvgIpc) is 2.44. The largest absolute Gasteiger partial charge is 0.506 e. The molecule has 0 unspecified atom stereocenters. The summed E-state index contributed by atoms with van der Waals surface area (Å²) >= 11 is 0. The number of pyridine rings is 1. The van der Waals surface area contributed by atoms with E-state index in [0.29, 0.717) is 22.5 Å². The highest BCUT2D eigenvalue weighted by Crippen LogP contribution is 2.38. The molecule has 1 rings (SSSR count). The van der Waals surface area contributed by atoms with E-state index < -0.39 is 20.4 Å². The van der Waals surface area contributed by atoms with Gasteiger partial charge in [-0.05, 0) is 13.3 Å². The Hall–Kier alpha value is -1.93. The van der Waals surface area contributed by atoms with Gasteiger partial charge in [0.2, 0.25) is 0 Å². The van der Waals surface area contributed by atoms with Crippen molar-refractivity contribution in [3.05, 3.63) is 35.3 Å². The molecule has 10 heteroatoms. The fraction of sp³-hybridized carbons (Fsp3) is 0.385. The average molecular weight is 346 g/mol. The molecule has 0 fully saturated rings. The van der Waals surface area contributed by atoms with E-state index in [1.54, 1.807) is 6.92 Å². The standard InChI is InChI=1S/C13H19N2O7P/c1-8(3-4-12(16)17)14-6-11-10(7-22-23(19,20)21)5-15-9(2)13(11)18/h5,14,18H,1,3-4,6-7H2,2H3,(H,16,17)(H2,19,20,21). The van der Waals surface area contributed by atoms with Crippen molar-refractivity contribution in [2.45, 2.75) is 32.9 Å². The zero-order chi connectivity index (χ0) is 17.6. The zero-order valence-electron chi connectivity index (χ0n) is 12.5. The molecule has 0 radical (unpaired) electrons. The number of rotatable bonds is 9. The summed E-state index contributed by atoms with van der Waals surface area (Å²) in [6, 6.07) is 0. The van der Waals surface area contributed by atoms with Crippen LogP contribution in [0.2, 0.25) is 0 Å². The van der Waals surface area contributed by atoms with Crippen LogP contribution in [0.15, 0.2) is 18.5 Å². The number of phosphoric ester groups is 1. The fourth-order valence-corrected chi connectivity index (χ4v) is 2.03. The number of aromatic nitrogens is 1. The Morgan fingerprint density at radius 2 is 2.09 bits per heavy atom. The third kappa shape index (κ3) is 6.79. The summed E-state index contributed by atoms with van der Waals surface area (Å²) < 4.78 is 15.2. The van der Waals surface area contributed by atoms with Crippen molar-refractivity contribution >= 4 is 13.8 Å². The lowest BCUT2D eigenvalue weighted by atomic mass is 10.1. The highest BCUT2D eigenvalue weighted by molar-refractivity contribution is 7.46. The highest BCUT2D eigenvalue weighted by atomic mass is 31.2. The number of hydrogen-bond donors (Lipinski definition) is 5. The van der Waals surface area contributed by atoms with E-state index in [-0.39, 0.29) is 25.1 Å². The van der Waals surface area contributed by atoms with Crippen LogP contribution in [0, 0.1) is 6.92 Å². The van der Waals surface area contributed by atoms with Crippen LogP contribution in [-0.2, 0) is 27.0 Å². The van der Waals surface area contributed by atoms with Gasteiger partial charge in [-0.15, -0.1) is 0 Å². The first-order chi connectivity index (χ1) is 10.6. The Morgan fingerprint density at radius 3 is 2.65 bits per heavy atom. The summed E-state index contributed by atoms with van der Waals surface area (Å²) in [6.45, 7) is 4.92. The molecule has 0 atom stereocenters. The van der Waals surface area contributed by atoms with E-state index in [9.17, 15) is 14.5 Å². The van der Waals surface area contributed by atoms with E-state index in [0.717, 1.165) is 0 Å². The van der Waals surface area contributed by atoms with E-state index in [1.165, 1.54) is 6.20 Å². The van der Waals surface area contributed by atoms with Gasteiger partial charge in [0, 0.05) is 29.6 Å². The normalized spacial score (nSPS) is 11.3. The Balaban J connectivity index is 2.82. The Morgan fingerprint density at radius 1 is 1.43 bits per heavy atom. The molecule has 128 valence electrons. The number of aryl methyl sites for hydroxylation is 1. The van der Waals surface area contributed by atoms with Crippen molar-refractivity contribution in [3.8, 4) is 5.75 Å². The molecule has 0 spiro atoms. The minimum atomic E-state index is -4.65. The van der Waals surface area contributed by atoms with Gasteiger partial charge >= 0.3 is 13.8 Å². The van der Waals surface area contributed by atoms with Crippen LogP contribution >= 0.6 is 7.82 Å². The number of carbonyl (C=O) groups is 1. The number of nitrogens with zero attached hydrogens (tertiary/aromatic N) is 1. The van der Waals surface area contributed by atoms with Crippen molar-refractivity contribution < 1.29 is 33.9 Å². The van der Waals surface area contributed by atoms with Gasteiger partial charge in [-0.2, -0.15) is 0 Å². The minimum Gasteiger partial charge on any atom is -0.506 e. The molecule has 0 bridgehead atoms. The summed E-state index contributed by atoms with van der Waals surface area (Å²) in [5.41, 5.74) is 1.46. The molecule has 0 aliphatic carbocycles. The lowest BCUT2D eigenvalue weighted by Crippen LogP contribution is -2.15. The third-order valence-electron chi connectivity index (χ3n) is 2.97. The number of allylic oxidation sites excluding steroid dienone is 1. The molecule has 0 aromatic carbocycles.